The molecular formula is C25H21Cl3N2O5. The fraction of sp³-hybridized carbons (Fsp3) is 0.160. The summed E-state index contributed by atoms with van der Waals surface area (Å²) in [5.74, 6) is -0.145. The lowest BCUT2D eigenvalue weighted by Gasteiger charge is -2.09. The summed E-state index contributed by atoms with van der Waals surface area (Å²) in [5, 5.41) is 6.38. The Balaban J connectivity index is 1.33. The van der Waals surface area contributed by atoms with E-state index in [1.165, 1.54) is 0 Å². The van der Waals surface area contributed by atoms with Gasteiger partial charge in [0, 0.05) is 23.6 Å². The maximum absolute atomic E-state index is 12.1. The second-order valence-corrected chi connectivity index (χ2v) is 8.51. The van der Waals surface area contributed by atoms with E-state index in [4.69, 9.17) is 44.3 Å². The van der Waals surface area contributed by atoms with Gasteiger partial charge in [-0.25, -0.2) is 0 Å². The molecule has 0 fully saturated rings. The van der Waals surface area contributed by atoms with Gasteiger partial charge in [0.2, 0.25) is 5.91 Å². The molecule has 0 radical (unpaired) electrons. The molecule has 3 rings (SSSR count). The molecular weight excluding hydrogens is 515 g/mol. The molecule has 0 bridgehead atoms. The van der Waals surface area contributed by atoms with Gasteiger partial charge in [-0.15, -0.1) is 0 Å². The van der Waals surface area contributed by atoms with Crippen molar-refractivity contribution in [3.63, 3.8) is 0 Å². The maximum Gasteiger partial charge on any atom is 0.306 e. The number of benzene rings is 3. The third kappa shape index (κ3) is 8.79. The lowest BCUT2D eigenvalue weighted by Crippen LogP contribution is -2.21. The topological polar surface area (TPSA) is 93.7 Å². The van der Waals surface area contributed by atoms with Crippen LogP contribution >= 0.6 is 34.8 Å². The SMILES string of the molecule is O=C(CCCC(=O)OCC(=O)Nc1cccc(Cl)c1Cl)Nc1ccc(Oc2ccc(Cl)cc2)cc1. The molecule has 0 aliphatic heterocycles. The van der Waals surface area contributed by atoms with Gasteiger partial charge in [0.05, 0.1) is 15.7 Å². The molecule has 0 unspecified atom stereocenters. The summed E-state index contributed by atoms with van der Waals surface area (Å²) in [6.07, 6.45) is 0.374. The predicted octanol–water partition coefficient (Wildman–Crippen LogP) is 6.73. The summed E-state index contributed by atoms with van der Waals surface area (Å²) in [6.45, 7) is -0.474. The van der Waals surface area contributed by atoms with E-state index in [9.17, 15) is 14.4 Å². The number of carbonyl (C=O) groups is 3. The molecule has 3 aromatic rings. The normalized spacial score (nSPS) is 10.4. The van der Waals surface area contributed by atoms with E-state index in [1.54, 1.807) is 66.7 Å². The molecule has 0 aromatic heterocycles. The number of hydrogen-bond donors (Lipinski definition) is 2. The van der Waals surface area contributed by atoms with Crippen LogP contribution in [0, 0.1) is 0 Å². The van der Waals surface area contributed by atoms with Crippen LogP contribution in [0.1, 0.15) is 19.3 Å². The van der Waals surface area contributed by atoms with Gasteiger partial charge in [-0.05, 0) is 67.1 Å². The number of carbonyl (C=O) groups excluding carboxylic acids is 3. The zero-order valence-corrected chi connectivity index (χ0v) is 20.6. The minimum Gasteiger partial charge on any atom is -0.457 e. The van der Waals surface area contributed by atoms with Crippen molar-refractivity contribution in [2.75, 3.05) is 17.2 Å². The summed E-state index contributed by atoms with van der Waals surface area (Å²) >= 11 is 17.7. The number of amides is 2. The number of ether oxygens (including phenoxy) is 2. The maximum atomic E-state index is 12.1. The van der Waals surface area contributed by atoms with Crippen molar-refractivity contribution in [2.24, 2.45) is 0 Å². The molecule has 0 saturated carbocycles. The Morgan fingerprint density at radius 1 is 0.743 bits per heavy atom. The van der Waals surface area contributed by atoms with Gasteiger partial charge >= 0.3 is 5.97 Å². The van der Waals surface area contributed by atoms with Crippen LogP contribution in [0.25, 0.3) is 0 Å². The molecule has 2 amide bonds. The zero-order chi connectivity index (χ0) is 25.2. The average Bonchev–Trinajstić information content (AvgIpc) is 2.83. The van der Waals surface area contributed by atoms with Crippen molar-refractivity contribution in [3.8, 4) is 11.5 Å². The molecule has 0 atom stereocenters. The number of anilines is 2. The lowest BCUT2D eigenvalue weighted by atomic mass is 10.2. The van der Waals surface area contributed by atoms with Crippen LogP contribution in [0.4, 0.5) is 11.4 Å². The minimum atomic E-state index is -0.589. The van der Waals surface area contributed by atoms with E-state index in [0.717, 1.165) is 0 Å². The van der Waals surface area contributed by atoms with Crippen molar-refractivity contribution < 1.29 is 23.9 Å². The highest BCUT2D eigenvalue weighted by atomic mass is 35.5. The fourth-order valence-corrected chi connectivity index (χ4v) is 3.34. The molecule has 182 valence electrons. The summed E-state index contributed by atoms with van der Waals surface area (Å²) < 4.78 is 10.6. The molecule has 35 heavy (non-hydrogen) atoms. The molecule has 0 saturated heterocycles. The van der Waals surface area contributed by atoms with Gasteiger partial charge in [0.15, 0.2) is 6.61 Å². The van der Waals surface area contributed by atoms with Crippen LogP contribution in [0.15, 0.2) is 66.7 Å². The van der Waals surface area contributed by atoms with Crippen LogP contribution in [0.3, 0.4) is 0 Å². The average molecular weight is 536 g/mol. The van der Waals surface area contributed by atoms with Crippen molar-refractivity contribution in [2.45, 2.75) is 19.3 Å². The van der Waals surface area contributed by atoms with E-state index < -0.39 is 18.5 Å². The van der Waals surface area contributed by atoms with Crippen molar-refractivity contribution in [3.05, 3.63) is 81.8 Å². The fourth-order valence-electron chi connectivity index (χ4n) is 2.87. The quantitative estimate of drug-likeness (QED) is 0.281. The number of rotatable bonds is 10. The second-order valence-electron chi connectivity index (χ2n) is 7.29. The summed E-state index contributed by atoms with van der Waals surface area (Å²) in [4.78, 5) is 35.9. The first-order valence-electron chi connectivity index (χ1n) is 10.5. The first kappa shape index (κ1) is 26.3. The molecule has 0 aliphatic rings. The smallest absolute Gasteiger partial charge is 0.306 e. The van der Waals surface area contributed by atoms with E-state index in [1.807, 2.05) is 0 Å². The zero-order valence-electron chi connectivity index (χ0n) is 18.4. The third-order valence-corrected chi connectivity index (χ3v) is 5.63. The Labute approximate surface area is 217 Å². The van der Waals surface area contributed by atoms with E-state index in [2.05, 4.69) is 10.6 Å². The van der Waals surface area contributed by atoms with Gasteiger partial charge in [-0.2, -0.15) is 0 Å². The summed E-state index contributed by atoms with van der Waals surface area (Å²) in [6, 6.07) is 18.6. The van der Waals surface area contributed by atoms with Gasteiger partial charge in [-0.1, -0.05) is 40.9 Å². The van der Waals surface area contributed by atoms with E-state index in [-0.39, 0.29) is 30.2 Å². The van der Waals surface area contributed by atoms with Gasteiger partial charge in [0.25, 0.3) is 5.91 Å². The van der Waals surface area contributed by atoms with E-state index >= 15 is 0 Å². The highest BCUT2D eigenvalue weighted by molar-refractivity contribution is 6.44. The number of hydrogen-bond acceptors (Lipinski definition) is 5. The van der Waals surface area contributed by atoms with Gasteiger partial charge in [-0.3, -0.25) is 14.4 Å². The third-order valence-electron chi connectivity index (χ3n) is 4.56. The van der Waals surface area contributed by atoms with E-state index in [0.29, 0.717) is 32.9 Å². The van der Waals surface area contributed by atoms with Gasteiger partial charge in [0.1, 0.15) is 11.5 Å². The Morgan fingerprint density at radius 3 is 2.09 bits per heavy atom. The molecule has 0 heterocycles. The predicted molar refractivity (Wildman–Crippen MR) is 136 cm³/mol. The highest BCUT2D eigenvalue weighted by Crippen LogP contribution is 2.29. The summed E-state index contributed by atoms with van der Waals surface area (Å²) in [7, 11) is 0. The van der Waals surface area contributed by atoms with Gasteiger partial charge < -0.3 is 20.1 Å². The van der Waals surface area contributed by atoms with Crippen LogP contribution in [0.2, 0.25) is 15.1 Å². The molecule has 2 N–H and O–H groups in total. The van der Waals surface area contributed by atoms with Crippen molar-refractivity contribution in [1.29, 1.82) is 0 Å². The largest absolute Gasteiger partial charge is 0.457 e. The number of esters is 1. The Kier molecular flexibility index (Phi) is 9.78. The van der Waals surface area contributed by atoms with Crippen molar-refractivity contribution in [1.82, 2.24) is 0 Å². The second kappa shape index (κ2) is 13.0. The monoisotopic (exact) mass is 534 g/mol. The Hall–Kier alpha value is -3.26. The molecule has 10 heteroatoms. The molecule has 3 aromatic carbocycles. The molecule has 0 aliphatic carbocycles. The lowest BCUT2D eigenvalue weighted by molar-refractivity contribution is -0.147. The van der Waals surface area contributed by atoms with Crippen LogP contribution in [0.5, 0.6) is 11.5 Å². The number of nitrogens with one attached hydrogen (secondary N) is 2. The van der Waals surface area contributed by atoms with Crippen molar-refractivity contribution >= 4 is 64.0 Å². The van der Waals surface area contributed by atoms with Crippen LogP contribution in [-0.4, -0.2) is 24.4 Å². The summed E-state index contributed by atoms with van der Waals surface area (Å²) in [5.41, 5.74) is 0.916. The standard InChI is InChI=1S/C25H21Cl3N2O5/c26-16-7-11-18(12-8-16)35-19-13-9-17(10-14-19)29-22(31)5-2-6-24(33)34-15-23(32)30-21-4-1-3-20(27)25(21)28/h1,3-4,7-14H,2,5-6,15H2,(H,29,31)(H,30,32). The Bertz CT molecular complexity index is 1180. The highest BCUT2D eigenvalue weighted by Gasteiger charge is 2.12. The molecule has 7 nitrogen and oxygen atoms in total. The first-order chi connectivity index (χ1) is 16.8. The number of halogens is 3. The minimum absolute atomic E-state index is 0.00745. The Morgan fingerprint density at radius 2 is 1.40 bits per heavy atom. The van der Waals surface area contributed by atoms with Crippen LogP contribution in [-0.2, 0) is 19.1 Å². The van der Waals surface area contributed by atoms with Crippen LogP contribution < -0.4 is 15.4 Å². The molecule has 0 spiro atoms. The first-order valence-corrected chi connectivity index (χ1v) is 11.7.